The van der Waals surface area contributed by atoms with E-state index in [1.807, 2.05) is 6.92 Å². The standard InChI is InChI=1S/C13H18O6S/c1-8-3-5-10(6-4-8)20(16,17)19-13-11(7-14)18-9(2)12(13)15/h3-6,9,11-15H,7H2,1-2H3/t9-,11+,12-,13-/m0/s1. The molecule has 2 N–H and O–H groups in total. The van der Waals surface area contributed by atoms with Gasteiger partial charge < -0.3 is 14.9 Å². The Kier molecular flexibility index (Phi) is 4.46. The molecule has 1 fully saturated rings. The molecule has 0 amide bonds. The Morgan fingerprint density at radius 1 is 1.30 bits per heavy atom. The molecule has 1 aromatic rings. The number of aliphatic hydroxyl groups is 2. The van der Waals surface area contributed by atoms with Crippen molar-refractivity contribution < 1.29 is 27.6 Å². The lowest BCUT2D eigenvalue weighted by atomic mass is 10.1. The number of aryl methyl sites for hydroxylation is 1. The van der Waals surface area contributed by atoms with E-state index in [2.05, 4.69) is 0 Å². The predicted molar refractivity (Wildman–Crippen MR) is 70.7 cm³/mol. The Morgan fingerprint density at radius 3 is 2.45 bits per heavy atom. The molecule has 1 aromatic carbocycles. The summed E-state index contributed by atoms with van der Waals surface area (Å²) in [4.78, 5) is 0.00606. The van der Waals surface area contributed by atoms with E-state index in [-0.39, 0.29) is 4.90 Å². The van der Waals surface area contributed by atoms with Crippen molar-refractivity contribution in [3.05, 3.63) is 29.8 Å². The van der Waals surface area contributed by atoms with Crippen molar-refractivity contribution >= 4 is 10.1 Å². The fourth-order valence-electron chi connectivity index (χ4n) is 2.09. The highest BCUT2D eigenvalue weighted by atomic mass is 32.2. The molecule has 0 aromatic heterocycles. The van der Waals surface area contributed by atoms with E-state index in [0.29, 0.717) is 0 Å². The maximum absolute atomic E-state index is 12.1. The molecule has 0 aliphatic carbocycles. The van der Waals surface area contributed by atoms with Crippen LogP contribution in [0.5, 0.6) is 0 Å². The molecule has 2 rings (SSSR count). The third-order valence-electron chi connectivity index (χ3n) is 3.30. The van der Waals surface area contributed by atoms with Crippen molar-refractivity contribution in [2.24, 2.45) is 0 Å². The summed E-state index contributed by atoms with van der Waals surface area (Å²) in [6.45, 7) is 3.01. The number of rotatable bonds is 4. The number of hydrogen-bond acceptors (Lipinski definition) is 6. The van der Waals surface area contributed by atoms with Gasteiger partial charge in [-0.15, -0.1) is 0 Å². The zero-order valence-electron chi connectivity index (χ0n) is 11.3. The fraction of sp³-hybridized carbons (Fsp3) is 0.538. The summed E-state index contributed by atoms with van der Waals surface area (Å²) < 4.78 is 34.6. The third kappa shape index (κ3) is 3.02. The molecule has 1 heterocycles. The van der Waals surface area contributed by atoms with Crippen molar-refractivity contribution in [3.8, 4) is 0 Å². The van der Waals surface area contributed by atoms with Gasteiger partial charge in [0.1, 0.15) is 18.3 Å². The number of aliphatic hydroxyl groups excluding tert-OH is 2. The Balaban J connectivity index is 2.21. The van der Waals surface area contributed by atoms with Crippen LogP contribution in [0, 0.1) is 6.92 Å². The summed E-state index contributed by atoms with van der Waals surface area (Å²) in [5.41, 5.74) is 0.926. The van der Waals surface area contributed by atoms with Crippen LogP contribution < -0.4 is 0 Å². The van der Waals surface area contributed by atoms with Gasteiger partial charge in [0.25, 0.3) is 10.1 Å². The maximum Gasteiger partial charge on any atom is 0.297 e. The Labute approximate surface area is 118 Å². The van der Waals surface area contributed by atoms with Gasteiger partial charge in [-0.3, -0.25) is 4.18 Å². The van der Waals surface area contributed by atoms with Crippen LogP contribution in [0.4, 0.5) is 0 Å². The van der Waals surface area contributed by atoms with E-state index < -0.39 is 41.1 Å². The van der Waals surface area contributed by atoms with E-state index in [4.69, 9.17) is 14.0 Å². The van der Waals surface area contributed by atoms with Crippen LogP contribution in [0.25, 0.3) is 0 Å². The molecule has 6 nitrogen and oxygen atoms in total. The van der Waals surface area contributed by atoms with Gasteiger partial charge in [0.2, 0.25) is 0 Å². The molecule has 0 spiro atoms. The summed E-state index contributed by atoms with van der Waals surface area (Å²) in [5, 5.41) is 19.1. The summed E-state index contributed by atoms with van der Waals surface area (Å²) in [6.07, 6.45) is -3.67. The zero-order chi connectivity index (χ0) is 14.9. The maximum atomic E-state index is 12.1. The van der Waals surface area contributed by atoms with Gasteiger partial charge >= 0.3 is 0 Å². The molecule has 0 saturated carbocycles. The predicted octanol–water partition coefficient (Wildman–Crippen LogP) is 0.209. The Morgan fingerprint density at radius 2 is 1.90 bits per heavy atom. The SMILES string of the molecule is Cc1ccc(S(=O)(=O)O[C@@H]2[C@@H](O)[C@H](C)O[C@@H]2CO)cc1. The molecule has 0 radical (unpaired) electrons. The van der Waals surface area contributed by atoms with Crippen LogP contribution in [0.3, 0.4) is 0 Å². The molecule has 112 valence electrons. The lowest BCUT2D eigenvalue weighted by Gasteiger charge is -2.19. The Hall–Kier alpha value is -0.990. The molecule has 7 heteroatoms. The topological polar surface area (TPSA) is 93.1 Å². The third-order valence-corrected chi connectivity index (χ3v) is 4.63. The van der Waals surface area contributed by atoms with E-state index >= 15 is 0 Å². The lowest BCUT2D eigenvalue weighted by molar-refractivity contribution is -0.0101. The first kappa shape index (κ1) is 15.4. The minimum atomic E-state index is -4.01. The summed E-state index contributed by atoms with van der Waals surface area (Å²) >= 11 is 0. The highest BCUT2D eigenvalue weighted by molar-refractivity contribution is 7.86. The quantitative estimate of drug-likeness (QED) is 0.772. The minimum absolute atomic E-state index is 0.00606. The van der Waals surface area contributed by atoms with E-state index in [1.165, 1.54) is 12.1 Å². The molecule has 1 saturated heterocycles. The van der Waals surface area contributed by atoms with Gasteiger partial charge in [0.15, 0.2) is 0 Å². The van der Waals surface area contributed by atoms with Gasteiger partial charge in [-0.2, -0.15) is 8.42 Å². The van der Waals surface area contributed by atoms with Gasteiger partial charge in [-0.25, -0.2) is 0 Å². The summed E-state index contributed by atoms with van der Waals surface area (Å²) in [5.74, 6) is 0. The zero-order valence-corrected chi connectivity index (χ0v) is 12.1. The molecule has 1 aliphatic rings. The van der Waals surface area contributed by atoms with Crippen LogP contribution in [-0.2, 0) is 19.0 Å². The van der Waals surface area contributed by atoms with Crippen molar-refractivity contribution in [2.75, 3.05) is 6.61 Å². The fourth-order valence-corrected chi connectivity index (χ4v) is 3.20. The van der Waals surface area contributed by atoms with Crippen LogP contribution in [0.2, 0.25) is 0 Å². The molecule has 1 aliphatic heterocycles. The second-order valence-electron chi connectivity index (χ2n) is 4.88. The van der Waals surface area contributed by atoms with Crippen LogP contribution in [0.15, 0.2) is 29.2 Å². The first-order valence-corrected chi connectivity index (χ1v) is 7.70. The van der Waals surface area contributed by atoms with Crippen molar-refractivity contribution in [1.82, 2.24) is 0 Å². The van der Waals surface area contributed by atoms with Gasteiger partial charge in [0, 0.05) is 0 Å². The number of ether oxygens (including phenoxy) is 1. The Bertz CT molecular complexity index is 553. The summed E-state index contributed by atoms with van der Waals surface area (Å²) in [6, 6.07) is 6.18. The molecule has 0 unspecified atom stereocenters. The first-order chi connectivity index (χ1) is 9.35. The number of hydrogen-bond donors (Lipinski definition) is 2. The minimum Gasteiger partial charge on any atom is -0.394 e. The molecular weight excluding hydrogens is 284 g/mol. The van der Waals surface area contributed by atoms with E-state index in [1.54, 1.807) is 19.1 Å². The van der Waals surface area contributed by atoms with Crippen molar-refractivity contribution in [3.63, 3.8) is 0 Å². The molecule has 20 heavy (non-hydrogen) atoms. The average Bonchev–Trinajstić information content (AvgIpc) is 2.66. The monoisotopic (exact) mass is 302 g/mol. The first-order valence-electron chi connectivity index (χ1n) is 6.29. The van der Waals surface area contributed by atoms with Gasteiger partial charge in [0.05, 0.1) is 17.6 Å². The van der Waals surface area contributed by atoms with Crippen molar-refractivity contribution in [2.45, 2.75) is 43.2 Å². The second-order valence-corrected chi connectivity index (χ2v) is 6.45. The summed E-state index contributed by atoms with van der Waals surface area (Å²) in [7, 11) is -4.01. The van der Waals surface area contributed by atoms with Gasteiger partial charge in [-0.05, 0) is 26.0 Å². The van der Waals surface area contributed by atoms with Crippen LogP contribution >= 0.6 is 0 Å². The normalized spacial score (nSPS) is 30.6. The molecule has 0 bridgehead atoms. The van der Waals surface area contributed by atoms with Crippen LogP contribution in [-0.4, -0.2) is 49.7 Å². The lowest BCUT2D eigenvalue weighted by Crippen LogP contribution is -2.38. The van der Waals surface area contributed by atoms with E-state index in [0.717, 1.165) is 5.56 Å². The van der Waals surface area contributed by atoms with E-state index in [9.17, 15) is 13.5 Å². The largest absolute Gasteiger partial charge is 0.394 e. The van der Waals surface area contributed by atoms with Gasteiger partial charge in [-0.1, -0.05) is 17.7 Å². The smallest absolute Gasteiger partial charge is 0.297 e. The van der Waals surface area contributed by atoms with Crippen LogP contribution in [0.1, 0.15) is 12.5 Å². The highest BCUT2D eigenvalue weighted by Gasteiger charge is 2.44. The number of benzene rings is 1. The molecular formula is C13H18O6S. The average molecular weight is 302 g/mol. The van der Waals surface area contributed by atoms with Crippen molar-refractivity contribution in [1.29, 1.82) is 0 Å². The highest BCUT2D eigenvalue weighted by Crippen LogP contribution is 2.27. The molecule has 4 atom stereocenters. The second kappa shape index (κ2) is 5.79.